The molecule has 0 aromatic carbocycles. The molecule has 2 aliphatic heterocycles. The minimum Gasteiger partial charge on any atom is -0.444 e. The molecule has 8 nitrogen and oxygen atoms in total. The highest BCUT2D eigenvalue weighted by Crippen LogP contribution is 2.21. The summed E-state index contributed by atoms with van der Waals surface area (Å²) < 4.78 is 10.7. The van der Waals surface area contributed by atoms with Crippen molar-refractivity contribution < 1.29 is 14.3 Å². The Balaban J connectivity index is 2.05. The highest BCUT2D eigenvalue weighted by molar-refractivity contribution is 5.68. The summed E-state index contributed by atoms with van der Waals surface area (Å²) in [6.45, 7) is 6.79. The maximum Gasteiger partial charge on any atom is 0.410 e. The van der Waals surface area contributed by atoms with E-state index >= 15 is 0 Å². The average Bonchev–Trinajstić information content (AvgIpc) is 2.80. The number of amides is 1. The largest absolute Gasteiger partial charge is 0.444 e. The van der Waals surface area contributed by atoms with Crippen molar-refractivity contribution in [2.75, 3.05) is 19.8 Å². The molecule has 0 spiro atoms. The van der Waals surface area contributed by atoms with Crippen molar-refractivity contribution in [3.05, 3.63) is 0 Å². The van der Waals surface area contributed by atoms with Gasteiger partial charge in [0.2, 0.25) is 6.17 Å². The Bertz CT molecular complexity index is 364. The molecule has 0 N–H and O–H groups in total. The van der Waals surface area contributed by atoms with Gasteiger partial charge in [-0.05, 0) is 31.2 Å². The minimum atomic E-state index is -0.529. The van der Waals surface area contributed by atoms with E-state index in [0.29, 0.717) is 19.8 Å². The van der Waals surface area contributed by atoms with Crippen molar-refractivity contribution in [2.45, 2.75) is 38.6 Å². The molecule has 0 aliphatic carbocycles. The van der Waals surface area contributed by atoms with Crippen LogP contribution in [-0.2, 0) is 9.47 Å². The minimum absolute atomic E-state index is 0.302. The number of carbonyl (C=O) groups excluding carboxylic acids is 1. The van der Waals surface area contributed by atoms with Crippen LogP contribution in [0.5, 0.6) is 0 Å². The first-order valence-electron chi connectivity index (χ1n) is 5.85. The fourth-order valence-electron chi connectivity index (χ4n) is 1.75. The summed E-state index contributed by atoms with van der Waals surface area (Å²) in [4.78, 5) is 13.7. The van der Waals surface area contributed by atoms with E-state index < -0.39 is 11.8 Å². The second kappa shape index (κ2) is 4.97. The van der Waals surface area contributed by atoms with Crippen molar-refractivity contribution >= 4 is 6.09 Å². The van der Waals surface area contributed by atoms with Gasteiger partial charge in [0.1, 0.15) is 11.6 Å². The van der Waals surface area contributed by atoms with E-state index in [1.807, 2.05) is 20.8 Å². The third-order valence-electron chi connectivity index (χ3n) is 2.52. The molecule has 2 heterocycles. The van der Waals surface area contributed by atoms with Crippen molar-refractivity contribution in [3.63, 3.8) is 0 Å². The first kappa shape index (κ1) is 12.9. The summed E-state index contributed by atoms with van der Waals surface area (Å²) in [6, 6.07) is -0.302. The van der Waals surface area contributed by atoms with Gasteiger partial charge in [-0.25, -0.2) is 4.79 Å². The van der Waals surface area contributed by atoms with Crippen molar-refractivity contribution in [1.29, 1.82) is 0 Å². The number of carbonyl (C=O) groups is 1. The van der Waals surface area contributed by atoms with Crippen LogP contribution in [0.1, 0.15) is 20.8 Å². The predicted molar refractivity (Wildman–Crippen MR) is 61.0 cm³/mol. The standard InChI is InChI=1S/C10H17N5O3/c1-10(2,3)18-9(16)15-4-5-17-6-7(15)8-11-13-14-12-8/h7-8H,4-6H2,1-3H3/t7-/m0/s1. The Kier molecular flexibility index (Phi) is 3.55. The maximum absolute atomic E-state index is 12.1. The van der Waals surface area contributed by atoms with Crippen LogP contribution in [0.2, 0.25) is 0 Å². The highest BCUT2D eigenvalue weighted by Gasteiger charge is 2.37. The number of morpholine rings is 1. The first-order valence-corrected chi connectivity index (χ1v) is 5.85. The first-order chi connectivity index (χ1) is 8.47. The van der Waals surface area contributed by atoms with Crippen LogP contribution in [-0.4, -0.2) is 48.6 Å². The lowest BCUT2D eigenvalue weighted by molar-refractivity contribution is -0.0372. The van der Waals surface area contributed by atoms with Gasteiger partial charge in [-0.15, -0.1) is 10.2 Å². The van der Waals surface area contributed by atoms with Crippen LogP contribution in [0.4, 0.5) is 4.79 Å². The third kappa shape index (κ3) is 3.00. The van der Waals surface area contributed by atoms with Gasteiger partial charge in [-0.1, -0.05) is 0 Å². The Morgan fingerprint density at radius 1 is 1.33 bits per heavy atom. The van der Waals surface area contributed by atoms with E-state index in [1.54, 1.807) is 4.90 Å². The predicted octanol–water partition coefficient (Wildman–Crippen LogP) is 1.78. The van der Waals surface area contributed by atoms with Crippen LogP contribution in [0.3, 0.4) is 0 Å². The van der Waals surface area contributed by atoms with Gasteiger partial charge in [0.15, 0.2) is 0 Å². The Hall–Kier alpha value is -1.57. The molecular formula is C10H17N5O3. The zero-order chi connectivity index (χ0) is 13.2. The van der Waals surface area contributed by atoms with E-state index in [-0.39, 0.29) is 12.1 Å². The van der Waals surface area contributed by atoms with Crippen LogP contribution in [0, 0.1) is 0 Å². The fraction of sp³-hybridized carbons (Fsp3) is 0.900. The molecular weight excluding hydrogens is 238 g/mol. The van der Waals surface area contributed by atoms with Crippen LogP contribution < -0.4 is 0 Å². The zero-order valence-electron chi connectivity index (χ0n) is 10.7. The van der Waals surface area contributed by atoms with Crippen LogP contribution in [0.25, 0.3) is 0 Å². The number of hydrogen-bond acceptors (Lipinski definition) is 7. The fourth-order valence-corrected chi connectivity index (χ4v) is 1.75. The van der Waals surface area contributed by atoms with Crippen LogP contribution in [0.15, 0.2) is 20.7 Å². The number of hydrogen-bond donors (Lipinski definition) is 0. The summed E-state index contributed by atoms with van der Waals surface area (Å²) in [5.74, 6) is 0. The molecule has 0 bridgehead atoms. The smallest absolute Gasteiger partial charge is 0.410 e. The SMILES string of the molecule is CC(C)(C)OC(=O)N1CCOC[C@H]1C1N=NN=N1. The third-order valence-corrected chi connectivity index (χ3v) is 2.52. The Morgan fingerprint density at radius 3 is 2.61 bits per heavy atom. The molecule has 1 amide bonds. The summed E-state index contributed by atoms with van der Waals surface area (Å²) in [7, 11) is 0. The average molecular weight is 255 g/mol. The molecule has 8 heteroatoms. The monoisotopic (exact) mass is 255 g/mol. The van der Waals surface area contributed by atoms with Gasteiger partial charge < -0.3 is 9.47 Å². The van der Waals surface area contributed by atoms with Crippen molar-refractivity contribution in [3.8, 4) is 0 Å². The normalized spacial score (nSPS) is 24.6. The van der Waals surface area contributed by atoms with Gasteiger partial charge >= 0.3 is 6.09 Å². The second-order valence-electron chi connectivity index (χ2n) is 5.14. The zero-order valence-corrected chi connectivity index (χ0v) is 10.7. The molecule has 0 radical (unpaired) electrons. The summed E-state index contributed by atoms with van der Waals surface area (Å²) in [6.07, 6.45) is -0.870. The van der Waals surface area contributed by atoms with Crippen molar-refractivity contribution in [1.82, 2.24) is 4.90 Å². The van der Waals surface area contributed by atoms with E-state index in [4.69, 9.17) is 9.47 Å². The molecule has 1 atom stereocenters. The highest BCUT2D eigenvalue weighted by atomic mass is 16.6. The molecule has 0 aromatic rings. The van der Waals surface area contributed by atoms with E-state index in [0.717, 1.165) is 0 Å². The number of ether oxygens (including phenoxy) is 2. The number of nitrogens with zero attached hydrogens (tertiary/aromatic N) is 5. The molecule has 1 saturated heterocycles. The lowest BCUT2D eigenvalue weighted by atomic mass is 10.2. The van der Waals surface area contributed by atoms with Crippen LogP contribution >= 0.6 is 0 Å². The Labute approximate surface area is 105 Å². The molecule has 1 fully saturated rings. The topological polar surface area (TPSA) is 88.2 Å². The quantitative estimate of drug-likeness (QED) is 0.715. The molecule has 100 valence electrons. The number of rotatable bonds is 1. The summed E-state index contributed by atoms with van der Waals surface area (Å²) in [5.41, 5.74) is -0.529. The molecule has 2 rings (SSSR count). The molecule has 0 aromatic heterocycles. The Morgan fingerprint density at radius 2 is 2.00 bits per heavy atom. The maximum atomic E-state index is 12.1. The molecule has 0 unspecified atom stereocenters. The second-order valence-corrected chi connectivity index (χ2v) is 5.14. The lowest BCUT2D eigenvalue weighted by Gasteiger charge is -2.36. The van der Waals surface area contributed by atoms with Gasteiger partial charge in [0.25, 0.3) is 0 Å². The molecule has 2 aliphatic rings. The summed E-state index contributed by atoms with van der Waals surface area (Å²) >= 11 is 0. The van der Waals surface area contributed by atoms with Gasteiger partial charge in [-0.2, -0.15) is 0 Å². The van der Waals surface area contributed by atoms with E-state index in [1.165, 1.54) is 0 Å². The van der Waals surface area contributed by atoms with Gasteiger partial charge in [0.05, 0.1) is 13.2 Å². The lowest BCUT2D eigenvalue weighted by Crippen LogP contribution is -2.54. The van der Waals surface area contributed by atoms with Gasteiger partial charge in [0, 0.05) is 6.54 Å². The van der Waals surface area contributed by atoms with E-state index in [2.05, 4.69) is 20.7 Å². The van der Waals surface area contributed by atoms with Gasteiger partial charge in [-0.3, -0.25) is 4.90 Å². The molecule has 18 heavy (non-hydrogen) atoms. The van der Waals surface area contributed by atoms with Crippen molar-refractivity contribution in [2.24, 2.45) is 20.7 Å². The van der Waals surface area contributed by atoms with E-state index in [9.17, 15) is 4.79 Å². The summed E-state index contributed by atoms with van der Waals surface area (Å²) in [5, 5.41) is 14.6. The molecule has 0 saturated carbocycles.